The normalized spacial score (nSPS) is 48.9. The third-order valence-electron chi connectivity index (χ3n) is 9.43. The minimum Gasteiger partial charge on any atom is -0.394 e. The minimum atomic E-state index is -1.81. The van der Waals surface area contributed by atoms with Gasteiger partial charge >= 0.3 is 0 Å². The van der Waals surface area contributed by atoms with Crippen LogP contribution in [0.1, 0.15) is 25.7 Å². The quantitative estimate of drug-likeness (QED) is 0.0864. The van der Waals surface area contributed by atoms with Crippen LogP contribution in [0.3, 0.4) is 0 Å². The third-order valence-corrected chi connectivity index (χ3v) is 9.43. The molecule has 0 aromatic rings. The number of nitrogens with two attached hydrogens (primary N) is 3. The maximum atomic E-state index is 13.1. The van der Waals surface area contributed by atoms with E-state index in [4.69, 9.17) is 41.3 Å². The number of hydrogen-bond donors (Lipinski definition) is 14. The lowest BCUT2D eigenvalue weighted by atomic mass is 9.69. The Balaban J connectivity index is 1.53. The van der Waals surface area contributed by atoms with Crippen molar-refractivity contribution in [2.75, 3.05) is 26.3 Å². The molecule has 4 fully saturated rings. The molecule has 2 saturated carbocycles. The maximum Gasteiger partial charge on any atom is 0.187 e. The van der Waals surface area contributed by atoms with Gasteiger partial charge in [-0.05, 0) is 25.2 Å². The van der Waals surface area contributed by atoms with Gasteiger partial charge in [0, 0.05) is 31.6 Å². The van der Waals surface area contributed by atoms with Crippen molar-refractivity contribution in [3.63, 3.8) is 0 Å². The van der Waals surface area contributed by atoms with Gasteiger partial charge < -0.3 is 92.5 Å². The molecule has 0 bridgehead atoms. The van der Waals surface area contributed by atoms with Crippen molar-refractivity contribution >= 4 is 5.78 Å². The summed E-state index contributed by atoms with van der Waals surface area (Å²) < 4.78 is 23.1. The second-order valence-electron chi connectivity index (χ2n) is 13.0. The number of ether oxygens (including phenoxy) is 4. The monoisotopic (exact) mass is 670 g/mol. The first-order chi connectivity index (χ1) is 21.6. The molecular formula is C27H50N4O15. The summed E-state index contributed by atoms with van der Waals surface area (Å²) in [6.45, 7) is -1.42. The summed E-state index contributed by atoms with van der Waals surface area (Å²) in [6, 6.07) is -2.71. The summed E-state index contributed by atoms with van der Waals surface area (Å²) in [5, 5.41) is 106. The number of nitrogens with one attached hydrogen (secondary N) is 1. The van der Waals surface area contributed by atoms with Crippen LogP contribution >= 0.6 is 0 Å². The molecule has 17 N–H and O–H groups in total. The first-order valence-corrected chi connectivity index (χ1v) is 15.4. The Hall–Kier alpha value is -1.05. The molecule has 0 amide bonds. The van der Waals surface area contributed by atoms with Crippen LogP contribution in [-0.2, 0) is 23.7 Å². The van der Waals surface area contributed by atoms with Gasteiger partial charge in [-0.1, -0.05) is 0 Å². The zero-order valence-corrected chi connectivity index (χ0v) is 25.2. The first kappa shape index (κ1) is 37.8. The number of aliphatic hydroxyl groups excluding tert-OH is 9. The van der Waals surface area contributed by atoms with Crippen LogP contribution < -0.4 is 22.5 Å². The van der Waals surface area contributed by atoms with Gasteiger partial charge in [0.05, 0.1) is 31.5 Å². The van der Waals surface area contributed by atoms with Gasteiger partial charge in [-0.3, -0.25) is 4.79 Å². The smallest absolute Gasteiger partial charge is 0.187 e. The molecule has 0 aromatic heterocycles. The second-order valence-corrected chi connectivity index (χ2v) is 13.0. The van der Waals surface area contributed by atoms with Crippen molar-refractivity contribution in [2.45, 2.75) is 129 Å². The molecule has 0 spiro atoms. The molecule has 2 aliphatic carbocycles. The Morgan fingerprint density at radius 2 is 1.46 bits per heavy atom. The summed E-state index contributed by atoms with van der Waals surface area (Å²) in [5.41, 5.74) is 16.4. The highest BCUT2D eigenvalue weighted by atomic mass is 16.7. The lowest BCUT2D eigenvalue weighted by Gasteiger charge is -2.49. The van der Waals surface area contributed by atoms with E-state index in [0.717, 1.165) is 0 Å². The minimum absolute atomic E-state index is 0.0415. The predicted molar refractivity (Wildman–Crippen MR) is 152 cm³/mol. The Morgan fingerprint density at radius 3 is 2.07 bits per heavy atom. The molecule has 19 nitrogen and oxygen atoms in total. The Labute approximate surface area is 264 Å². The standard InChI is InChI=1S/C27H50N4O15/c28-10-3-27(42,4-10)15(35)2-9-1-12(29)24(22(41)23(9)45-25-19(38)16(30)17(36)14(8-33)44-25)46-26-21(40)20(39)18(37)13(43-26)6-31-5-11(34)7-32/h9-14,16-26,31-34,36-42H,1-8,28-30H2/t9-,10?,11?,12-,13+,14+,16-,17+,18+,19+,20-,21+,22+,23-,24?,25+,26+,27?/m0/s1. The second kappa shape index (κ2) is 15.7. The number of ketones is 1. The maximum absolute atomic E-state index is 13.1. The van der Waals surface area contributed by atoms with Crippen molar-refractivity contribution in [1.82, 2.24) is 5.32 Å². The van der Waals surface area contributed by atoms with E-state index in [-0.39, 0.29) is 44.8 Å². The van der Waals surface area contributed by atoms with E-state index in [1.807, 2.05) is 0 Å². The van der Waals surface area contributed by atoms with Crippen molar-refractivity contribution in [3.05, 3.63) is 0 Å². The van der Waals surface area contributed by atoms with Gasteiger partial charge in [0.1, 0.15) is 60.5 Å². The van der Waals surface area contributed by atoms with Gasteiger partial charge in [0.15, 0.2) is 18.4 Å². The average molecular weight is 671 g/mol. The number of carbonyl (C=O) groups is 1. The summed E-state index contributed by atoms with van der Waals surface area (Å²) in [7, 11) is 0. The fraction of sp³-hybridized carbons (Fsp3) is 0.963. The van der Waals surface area contributed by atoms with Gasteiger partial charge in [-0.15, -0.1) is 0 Å². The van der Waals surface area contributed by atoms with E-state index in [1.54, 1.807) is 0 Å². The van der Waals surface area contributed by atoms with E-state index in [1.165, 1.54) is 0 Å². The van der Waals surface area contributed by atoms with E-state index >= 15 is 0 Å². The Morgan fingerprint density at radius 1 is 0.848 bits per heavy atom. The Kier molecular flexibility index (Phi) is 12.9. The van der Waals surface area contributed by atoms with Gasteiger partial charge in [0.2, 0.25) is 0 Å². The summed E-state index contributed by atoms with van der Waals surface area (Å²) in [5.74, 6) is -1.45. The molecule has 0 aromatic carbocycles. The summed E-state index contributed by atoms with van der Waals surface area (Å²) >= 11 is 0. The molecule has 4 rings (SSSR count). The first-order valence-electron chi connectivity index (χ1n) is 15.4. The molecule has 16 atom stereocenters. The van der Waals surface area contributed by atoms with Crippen molar-refractivity contribution in [2.24, 2.45) is 23.1 Å². The number of hydrogen-bond acceptors (Lipinski definition) is 19. The van der Waals surface area contributed by atoms with Crippen molar-refractivity contribution < 1.29 is 74.8 Å². The summed E-state index contributed by atoms with van der Waals surface area (Å²) in [6.07, 6.45) is -19.8. The van der Waals surface area contributed by atoms with Crippen LogP contribution in [0.5, 0.6) is 0 Å². The molecule has 19 heteroatoms. The molecule has 2 saturated heterocycles. The molecule has 4 aliphatic rings. The molecule has 0 radical (unpaired) electrons. The van der Waals surface area contributed by atoms with Crippen LogP contribution in [-0.4, -0.2) is 187 Å². The number of carbonyl (C=O) groups excluding carboxylic acids is 1. The lowest BCUT2D eigenvalue weighted by molar-refractivity contribution is -0.335. The van der Waals surface area contributed by atoms with Crippen molar-refractivity contribution in [1.29, 1.82) is 0 Å². The highest BCUT2D eigenvalue weighted by Crippen LogP contribution is 2.39. The average Bonchev–Trinajstić information content (AvgIpc) is 3.00. The molecule has 2 heterocycles. The van der Waals surface area contributed by atoms with Gasteiger partial charge in [-0.2, -0.15) is 0 Å². The fourth-order valence-corrected chi connectivity index (χ4v) is 6.57. The van der Waals surface area contributed by atoms with Gasteiger partial charge in [0.25, 0.3) is 0 Å². The molecule has 2 aliphatic heterocycles. The lowest BCUT2D eigenvalue weighted by Crippen LogP contribution is -2.67. The molecular weight excluding hydrogens is 620 g/mol. The molecule has 46 heavy (non-hydrogen) atoms. The highest BCUT2D eigenvalue weighted by Gasteiger charge is 2.54. The number of rotatable bonds is 13. The topological polar surface area (TPSA) is 346 Å². The Bertz CT molecular complexity index is 995. The third kappa shape index (κ3) is 8.04. The number of aliphatic hydroxyl groups is 10. The zero-order chi connectivity index (χ0) is 34.1. The summed E-state index contributed by atoms with van der Waals surface area (Å²) in [4.78, 5) is 13.1. The van der Waals surface area contributed by atoms with E-state index in [2.05, 4.69) is 5.32 Å². The van der Waals surface area contributed by atoms with Crippen LogP contribution in [0.2, 0.25) is 0 Å². The zero-order valence-electron chi connectivity index (χ0n) is 25.2. The molecule has 2 unspecified atom stereocenters. The SMILES string of the molecule is NC1CC(O)(C(=O)C[C@@H]2C[C@H](N)C(O[C@H]3O[C@H](CNCC(O)CO)[C@@H](O)[C@H](O)[C@H]3O)[C@H](O)[C@H]2O[C@H]2O[C@H](CO)[C@@H](O)[C@H](N)[C@H]2O)C1. The number of Topliss-reactive ketones (excluding diaryl/α,β-unsaturated/α-hetero) is 1. The van der Waals surface area contributed by atoms with Crippen LogP contribution in [0.15, 0.2) is 0 Å². The van der Waals surface area contributed by atoms with Crippen LogP contribution in [0.25, 0.3) is 0 Å². The van der Waals surface area contributed by atoms with E-state index in [0.29, 0.717) is 0 Å². The largest absolute Gasteiger partial charge is 0.394 e. The van der Waals surface area contributed by atoms with Gasteiger partial charge in [-0.25, -0.2) is 0 Å². The van der Waals surface area contributed by atoms with Crippen LogP contribution in [0.4, 0.5) is 0 Å². The predicted octanol–water partition coefficient (Wildman–Crippen LogP) is -8.21. The molecule has 268 valence electrons. The van der Waals surface area contributed by atoms with E-state index < -0.39 is 122 Å². The highest BCUT2D eigenvalue weighted by molar-refractivity contribution is 5.88. The fourth-order valence-electron chi connectivity index (χ4n) is 6.57. The van der Waals surface area contributed by atoms with Crippen molar-refractivity contribution in [3.8, 4) is 0 Å². The van der Waals surface area contributed by atoms with E-state index in [9.17, 15) is 50.8 Å². The van der Waals surface area contributed by atoms with Crippen LogP contribution in [0, 0.1) is 5.92 Å².